The number of anilines is 1. The van der Waals surface area contributed by atoms with Gasteiger partial charge in [-0.25, -0.2) is 8.42 Å². The van der Waals surface area contributed by atoms with E-state index < -0.39 is 38.6 Å². The van der Waals surface area contributed by atoms with Crippen LogP contribution in [0.25, 0.3) is 0 Å². The molecule has 162 valence electrons. The minimum atomic E-state index is -4.65. The monoisotopic (exact) mass is 524 g/mol. The zero-order valence-electron chi connectivity index (χ0n) is 15.4. The van der Waals surface area contributed by atoms with Gasteiger partial charge in [0.15, 0.2) is 0 Å². The highest BCUT2D eigenvalue weighted by Gasteiger charge is 2.35. The van der Waals surface area contributed by atoms with E-state index in [1.807, 2.05) is 0 Å². The Labute approximate surface area is 185 Å². The first kappa shape index (κ1) is 23.1. The van der Waals surface area contributed by atoms with Gasteiger partial charge in [-0.2, -0.15) is 17.5 Å². The number of hydrogen-bond donors (Lipinski definition) is 1. The molecule has 0 aromatic heterocycles. The number of nitrogens with zero attached hydrogens (tertiary/aromatic N) is 1. The van der Waals surface area contributed by atoms with Crippen LogP contribution in [-0.4, -0.2) is 31.7 Å². The second kappa shape index (κ2) is 8.86. The normalized spacial score (nSPS) is 18.2. The zero-order valence-corrected chi connectivity index (χ0v) is 18.6. The number of alkyl halides is 3. The van der Waals surface area contributed by atoms with E-state index in [2.05, 4.69) is 21.2 Å². The maximum Gasteiger partial charge on any atom is 0.417 e. The zero-order chi connectivity index (χ0) is 22.1. The van der Waals surface area contributed by atoms with Crippen molar-refractivity contribution in [3.8, 4) is 0 Å². The minimum absolute atomic E-state index is 0.0513. The van der Waals surface area contributed by atoms with Crippen molar-refractivity contribution >= 4 is 49.1 Å². The second-order valence-corrected chi connectivity index (χ2v) is 10.1. The van der Waals surface area contributed by atoms with Gasteiger partial charge in [-0.05, 0) is 55.3 Å². The van der Waals surface area contributed by atoms with E-state index in [0.29, 0.717) is 12.8 Å². The summed E-state index contributed by atoms with van der Waals surface area (Å²) in [6.07, 6.45) is -3.77. The molecule has 2 aromatic rings. The molecule has 1 fully saturated rings. The Bertz CT molecular complexity index is 1050. The SMILES string of the molecule is O=C(Nc1ccc(Cl)c(C(F)(F)F)c1)[C@@H]1CCCN(S(=O)(=O)c2ccc(Br)cc2)C1. The Morgan fingerprint density at radius 2 is 1.83 bits per heavy atom. The molecule has 1 heterocycles. The molecule has 0 unspecified atom stereocenters. The largest absolute Gasteiger partial charge is 0.417 e. The van der Waals surface area contributed by atoms with E-state index >= 15 is 0 Å². The Morgan fingerprint density at radius 1 is 1.17 bits per heavy atom. The molecule has 30 heavy (non-hydrogen) atoms. The second-order valence-electron chi connectivity index (χ2n) is 6.84. The molecule has 11 heteroatoms. The summed E-state index contributed by atoms with van der Waals surface area (Å²) in [6, 6.07) is 9.25. The first-order valence-electron chi connectivity index (χ1n) is 8.92. The molecular weight excluding hydrogens is 509 g/mol. The van der Waals surface area contributed by atoms with Gasteiger partial charge in [0.2, 0.25) is 15.9 Å². The number of carbonyl (C=O) groups excluding carboxylic acids is 1. The van der Waals surface area contributed by atoms with E-state index in [1.54, 1.807) is 12.1 Å². The number of hydrogen-bond acceptors (Lipinski definition) is 3. The van der Waals surface area contributed by atoms with E-state index in [1.165, 1.54) is 22.5 Å². The summed E-state index contributed by atoms with van der Waals surface area (Å²) in [5.41, 5.74) is -1.10. The van der Waals surface area contributed by atoms with Crippen LogP contribution < -0.4 is 5.32 Å². The summed E-state index contributed by atoms with van der Waals surface area (Å²) in [7, 11) is -3.78. The fourth-order valence-electron chi connectivity index (χ4n) is 3.19. The minimum Gasteiger partial charge on any atom is -0.326 e. The molecule has 0 saturated carbocycles. The van der Waals surface area contributed by atoms with Crippen molar-refractivity contribution in [1.82, 2.24) is 4.31 Å². The lowest BCUT2D eigenvalue weighted by Gasteiger charge is -2.31. The van der Waals surface area contributed by atoms with E-state index in [-0.39, 0.29) is 23.7 Å². The molecule has 0 bridgehead atoms. The quantitative estimate of drug-likeness (QED) is 0.600. The highest BCUT2D eigenvalue weighted by atomic mass is 79.9. The smallest absolute Gasteiger partial charge is 0.326 e. The first-order chi connectivity index (χ1) is 14.0. The van der Waals surface area contributed by atoms with Crippen LogP contribution in [0.4, 0.5) is 18.9 Å². The molecule has 1 atom stereocenters. The van der Waals surface area contributed by atoms with Crippen LogP contribution in [0.3, 0.4) is 0 Å². The number of benzene rings is 2. The molecule has 0 aliphatic carbocycles. The average molecular weight is 526 g/mol. The molecule has 0 spiro atoms. The Balaban J connectivity index is 1.74. The number of piperidine rings is 1. The predicted molar refractivity (Wildman–Crippen MR) is 111 cm³/mol. The topological polar surface area (TPSA) is 66.5 Å². The van der Waals surface area contributed by atoms with Gasteiger partial charge >= 0.3 is 6.18 Å². The highest BCUT2D eigenvalue weighted by molar-refractivity contribution is 9.10. The lowest BCUT2D eigenvalue weighted by molar-refractivity contribution is -0.137. The number of amides is 1. The van der Waals surface area contributed by atoms with Gasteiger partial charge in [-0.15, -0.1) is 0 Å². The lowest BCUT2D eigenvalue weighted by Crippen LogP contribution is -2.43. The summed E-state index contributed by atoms with van der Waals surface area (Å²) in [6.45, 7) is 0.214. The molecular formula is C19H17BrClF3N2O3S. The van der Waals surface area contributed by atoms with Crippen LogP contribution in [0.15, 0.2) is 51.8 Å². The van der Waals surface area contributed by atoms with Crippen LogP contribution in [0.2, 0.25) is 5.02 Å². The van der Waals surface area contributed by atoms with E-state index in [0.717, 1.165) is 16.6 Å². The summed E-state index contributed by atoms with van der Waals surface area (Å²) >= 11 is 8.84. The van der Waals surface area contributed by atoms with Crippen molar-refractivity contribution in [1.29, 1.82) is 0 Å². The van der Waals surface area contributed by atoms with Crippen molar-refractivity contribution in [2.75, 3.05) is 18.4 Å². The first-order valence-corrected chi connectivity index (χ1v) is 11.5. The number of rotatable bonds is 4. The Kier molecular flexibility index (Phi) is 6.81. The van der Waals surface area contributed by atoms with Crippen LogP contribution in [0, 0.1) is 5.92 Å². The molecule has 1 aliphatic heterocycles. The highest BCUT2D eigenvalue weighted by Crippen LogP contribution is 2.36. The number of sulfonamides is 1. The molecule has 1 N–H and O–H groups in total. The number of carbonyl (C=O) groups is 1. The van der Waals surface area contributed by atoms with Gasteiger partial charge in [-0.3, -0.25) is 4.79 Å². The molecule has 1 amide bonds. The third kappa shape index (κ3) is 5.16. The third-order valence-electron chi connectivity index (χ3n) is 4.75. The van der Waals surface area contributed by atoms with Crippen LogP contribution in [-0.2, 0) is 21.0 Å². The van der Waals surface area contributed by atoms with Crippen molar-refractivity contribution in [2.24, 2.45) is 5.92 Å². The van der Waals surface area contributed by atoms with Crippen molar-refractivity contribution in [2.45, 2.75) is 23.9 Å². The lowest BCUT2D eigenvalue weighted by atomic mass is 9.98. The summed E-state index contributed by atoms with van der Waals surface area (Å²) in [4.78, 5) is 12.7. The number of halogens is 5. The van der Waals surface area contributed by atoms with Crippen molar-refractivity contribution < 1.29 is 26.4 Å². The summed E-state index contributed by atoms with van der Waals surface area (Å²) in [5.74, 6) is -1.23. The summed E-state index contributed by atoms with van der Waals surface area (Å²) in [5, 5.41) is 1.98. The molecule has 1 saturated heterocycles. The Morgan fingerprint density at radius 3 is 2.47 bits per heavy atom. The van der Waals surface area contributed by atoms with Gasteiger partial charge in [0.1, 0.15) is 0 Å². The van der Waals surface area contributed by atoms with Gasteiger partial charge in [0.25, 0.3) is 0 Å². The van der Waals surface area contributed by atoms with Gasteiger partial charge < -0.3 is 5.32 Å². The fraction of sp³-hybridized carbons (Fsp3) is 0.316. The van der Waals surface area contributed by atoms with Gasteiger partial charge in [0, 0.05) is 23.2 Å². The molecule has 2 aromatic carbocycles. The van der Waals surface area contributed by atoms with Crippen LogP contribution >= 0.6 is 27.5 Å². The molecule has 0 radical (unpaired) electrons. The predicted octanol–water partition coefficient (Wildman–Crippen LogP) is 5.16. The summed E-state index contributed by atoms with van der Waals surface area (Å²) < 4.78 is 66.7. The van der Waals surface area contributed by atoms with Crippen LogP contribution in [0.1, 0.15) is 18.4 Å². The third-order valence-corrected chi connectivity index (χ3v) is 7.48. The number of nitrogens with one attached hydrogen (secondary N) is 1. The van der Waals surface area contributed by atoms with Gasteiger partial charge in [0.05, 0.1) is 21.4 Å². The molecule has 3 rings (SSSR count). The van der Waals surface area contributed by atoms with Gasteiger partial charge in [-0.1, -0.05) is 27.5 Å². The average Bonchev–Trinajstić information content (AvgIpc) is 2.69. The standard InChI is InChI=1S/C19H17BrClF3N2O3S/c20-13-3-6-15(7-4-13)30(28,29)26-9-1-2-12(11-26)18(27)25-14-5-8-17(21)16(10-14)19(22,23)24/h3-8,10,12H,1-2,9,11H2,(H,25,27)/t12-/m1/s1. The maximum absolute atomic E-state index is 13.0. The van der Waals surface area contributed by atoms with Crippen LogP contribution in [0.5, 0.6) is 0 Å². The van der Waals surface area contributed by atoms with Crippen molar-refractivity contribution in [3.05, 3.63) is 57.5 Å². The molecule has 5 nitrogen and oxygen atoms in total. The van der Waals surface area contributed by atoms with E-state index in [9.17, 15) is 26.4 Å². The Hall–Kier alpha value is -1.62. The maximum atomic E-state index is 13.0. The van der Waals surface area contributed by atoms with Crippen molar-refractivity contribution in [3.63, 3.8) is 0 Å². The van der Waals surface area contributed by atoms with E-state index in [4.69, 9.17) is 11.6 Å². The fourth-order valence-corrected chi connectivity index (χ4v) is 5.21. The molecule has 1 aliphatic rings.